The fraction of sp³-hybridized carbons (Fsp3) is 0.467. The van der Waals surface area contributed by atoms with Crippen LogP contribution in [0.4, 0.5) is 10.9 Å². The highest BCUT2D eigenvalue weighted by atomic mass is 32.1. The molecule has 0 bridgehead atoms. The lowest BCUT2D eigenvalue weighted by Crippen LogP contribution is -2.35. The predicted molar refractivity (Wildman–Crippen MR) is 82.5 cm³/mol. The largest absolute Gasteiger partial charge is 0.354 e. The topological polar surface area (TPSA) is 32.3 Å². The Labute approximate surface area is 123 Å². The molecule has 0 saturated carbocycles. The van der Waals surface area contributed by atoms with Crippen LogP contribution in [0.1, 0.15) is 11.3 Å². The number of rotatable bonds is 2. The summed E-state index contributed by atoms with van der Waals surface area (Å²) in [5, 5.41) is 1.19. The molecule has 0 aliphatic carbocycles. The van der Waals surface area contributed by atoms with Crippen molar-refractivity contribution in [1.82, 2.24) is 9.97 Å². The lowest BCUT2D eigenvalue weighted by Gasteiger charge is -2.24. The molecule has 0 spiro atoms. The second-order valence-corrected chi connectivity index (χ2v) is 6.87. The number of aryl methyl sites for hydroxylation is 1. The van der Waals surface area contributed by atoms with Crippen molar-refractivity contribution >= 4 is 22.3 Å². The molecule has 2 aromatic heterocycles. The summed E-state index contributed by atoms with van der Waals surface area (Å²) in [6.07, 6.45) is 5.14. The van der Waals surface area contributed by atoms with E-state index >= 15 is 0 Å². The van der Waals surface area contributed by atoms with Gasteiger partial charge in [0.25, 0.3) is 0 Å². The Morgan fingerprint density at radius 1 is 1.25 bits per heavy atom. The third-order valence-electron chi connectivity index (χ3n) is 4.38. The number of anilines is 2. The number of fused-ring (bicyclic) bond motifs is 1. The fourth-order valence-corrected chi connectivity index (χ4v) is 4.25. The van der Waals surface area contributed by atoms with E-state index in [1.54, 1.807) is 0 Å². The Morgan fingerprint density at radius 3 is 2.95 bits per heavy atom. The molecule has 20 heavy (non-hydrogen) atoms. The summed E-state index contributed by atoms with van der Waals surface area (Å²) in [7, 11) is 0. The molecule has 4 heterocycles. The highest BCUT2D eigenvalue weighted by Gasteiger charge is 2.42. The average molecular weight is 286 g/mol. The van der Waals surface area contributed by atoms with E-state index in [2.05, 4.69) is 38.8 Å². The molecule has 0 amide bonds. The zero-order chi connectivity index (χ0) is 13.5. The van der Waals surface area contributed by atoms with Gasteiger partial charge in [-0.3, -0.25) is 0 Å². The highest BCUT2D eigenvalue weighted by Crippen LogP contribution is 2.37. The molecule has 0 N–H and O–H groups in total. The number of aromatic nitrogens is 2. The van der Waals surface area contributed by atoms with Gasteiger partial charge in [-0.2, -0.15) is 0 Å². The molecule has 2 unspecified atom stereocenters. The van der Waals surface area contributed by atoms with Crippen molar-refractivity contribution in [3.63, 3.8) is 0 Å². The molecule has 2 saturated heterocycles. The van der Waals surface area contributed by atoms with Crippen molar-refractivity contribution < 1.29 is 0 Å². The van der Waals surface area contributed by atoms with Gasteiger partial charge < -0.3 is 9.80 Å². The molecule has 2 fully saturated rings. The van der Waals surface area contributed by atoms with Crippen LogP contribution < -0.4 is 9.80 Å². The van der Waals surface area contributed by atoms with E-state index in [0.717, 1.165) is 31.4 Å². The number of thiazole rings is 1. The van der Waals surface area contributed by atoms with Crippen molar-refractivity contribution in [2.24, 2.45) is 5.92 Å². The van der Waals surface area contributed by atoms with Gasteiger partial charge in [0.1, 0.15) is 5.82 Å². The Balaban J connectivity index is 1.55. The zero-order valence-electron chi connectivity index (χ0n) is 11.6. The van der Waals surface area contributed by atoms with Gasteiger partial charge in [0.15, 0.2) is 5.13 Å². The van der Waals surface area contributed by atoms with Crippen LogP contribution in [-0.4, -0.2) is 35.6 Å². The monoisotopic (exact) mass is 286 g/mol. The van der Waals surface area contributed by atoms with E-state index in [-0.39, 0.29) is 0 Å². The number of pyridine rings is 1. The van der Waals surface area contributed by atoms with Crippen molar-refractivity contribution in [2.75, 3.05) is 29.4 Å². The molecule has 104 valence electrons. The Morgan fingerprint density at radius 2 is 2.20 bits per heavy atom. The predicted octanol–water partition coefficient (Wildman–Crippen LogP) is 2.56. The summed E-state index contributed by atoms with van der Waals surface area (Å²) < 4.78 is 0. The molecule has 2 aromatic rings. The molecule has 2 aliphatic rings. The molecule has 0 aromatic carbocycles. The van der Waals surface area contributed by atoms with E-state index in [0.29, 0.717) is 6.04 Å². The van der Waals surface area contributed by atoms with Crippen LogP contribution in [0.2, 0.25) is 0 Å². The van der Waals surface area contributed by atoms with Crippen molar-refractivity contribution in [1.29, 1.82) is 0 Å². The maximum absolute atomic E-state index is 4.57. The number of nitrogens with zero attached hydrogens (tertiary/aromatic N) is 4. The molecular weight excluding hydrogens is 268 g/mol. The molecule has 4 rings (SSSR count). The minimum atomic E-state index is 0.600. The minimum Gasteiger partial charge on any atom is -0.354 e. The van der Waals surface area contributed by atoms with Crippen molar-refractivity contribution in [2.45, 2.75) is 19.4 Å². The summed E-state index contributed by atoms with van der Waals surface area (Å²) in [4.78, 5) is 15.3. The molecule has 2 atom stereocenters. The van der Waals surface area contributed by atoms with Gasteiger partial charge >= 0.3 is 0 Å². The summed E-state index contributed by atoms with van der Waals surface area (Å²) in [5.41, 5.74) is 0. The van der Waals surface area contributed by atoms with Crippen LogP contribution in [0, 0.1) is 12.8 Å². The molecule has 2 aliphatic heterocycles. The average Bonchev–Trinajstić information content (AvgIpc) is 3.14. The van der Waals surface area contributed by atoms with E-state index in [9.17, 15) is 0 Å². The third-order valence-corrected chi connectivity index (χ3v) is 5.33. The fourth-order valence-electron chi connectivity index (χ4n) is 3.40. The van der Waals surface area contributed by atoms with Gasteiger partial charge in [-0.25, -0.2) is 9.97 Å². The molecule has 0 radical (unpaired) electrons. The first-order valence-corrected chi connectivity index (χ1v) is 7.98. The van der Waals surface area contributed by atoms with Crippen molar-refractivity contribution in [3.05, 3.63) is 35.5 Å². The first kappa shape index (κ1) is 12.1. The molecule has 5 heteroatoms. The van der Waals surface area contributed by atoms with Gasteiger partial charge in [-0.1, -0.05) is 6.07 Å². The van der Waals surface area contributed by atoms with Crippen LogP contribution in [-0.2, 0) is 0 Å². The number of hydrogen-bond acceptors (Lipinski definition) is 5. The summed E-state index contributed by atoms with van der Waals surface area (Å²) >= 11 is 1.81. The second-order valence-electron chi connectivity index (χ2n) is 5.66. The van der Waals surface area contributed by atoms with Gasteiger partial charge in [-0.15, -0.1) is 11.3 Å². The van der Waals surface area contributed by atoms with Gasteiger partial charge in [0.05, 0.1) is 6.04 Å². The van der Waals surface area contributed by atoms with Crippen molar-refractivity contribution in [3.8, 4) is 0 Å². The normalized spacial score (nSPS) is 25.2. The van der Waals surface area contributed by atoms with Crippen LogP contribution in [0.25, 0.3) is 0 Å². The molecular formula is C15H18N4S. The van der Waals surface area contributed by atoms with Gasteiger partial charge in [0, 0.05) is 42.8 Å². The Bertz CT molecular complexity index is 597. The van der Waals surface area contributed by atoms with Gasteiger partial charge in [-0.05, 0) is 25.5 Å². The summed E-state index contributed by atoms with van der Waals surface area (Å²) in [6.45, 7) is 5.48. The first-order valence-electron chi connectivity index (χ1n) is 7.16. The zero-order valence-corrected chi connectivity index (χ0v) is 12.4. The van der Waals surface area contributed by atoms with E-state index in [4.69, 9.17) is 0 Å². The third kappa shape index (κ3) is 1.97. The van der Waals surface area contributed by atoms with Crippen LogP contribution >= 0.6 is 11.3 Å². The summed E-state index contributed by atoms with van der Waals surface area (Å²) in [5.74, 6) is 1.86. The lowest BCUT2D eigenvalue weighted by atomic mass is 10.1. The molecule has 4 nitrogen and oxygen atoms in total. The van der Waals surface area contributed by atoms with E-state index in [1.807, 2.05) is 29.8 Å². The SMILES string of the molecule is Cc1cnc(N2CCC3CN(c4ccccn4)CC32)s1. The smallest absolute Gasteiger partial charge is 0.185 e. The minimum absolute atomic E-state index is 0.600. The summed E-state index contributed by atoms with van der Waals surface area (Å²) in [6, 6.07) is 6.75. The Kier molecular flexibility index (Phi) is 2.88. The maximum atomic E-state index is 4.57. The second kappa shape index (κ2) is 4.74. The maximum Gasteiger partial charge on any atom is 0.185 e. The van der Waals surface area contributed by atoms with Crippen LogP contribution in [0.3, 0.4) is 0 Å². The standard InChI is InChI=1S/C15H18N4S/c1-11-8-17-15(20-11)19-7-5-12-9-18(10-13(12)19)14-4-2-3-6-16-14/h2-4,6,8,12-13H,5,7,9-10H2,1H3. The quantitative estimate of drug-likeness (QED) is 0.849. The van der Waals surface area contributed by atoms with E-state index in [1.165, 1.54) is 16.4 Å². The van der Waals surface area contributed by atoms with Crippen LogP contribution in [0.5, 0.6) is 0 Å². The Hall–Kier alpha value is -1.62. The number of hydrogen-bond donors (Lipinski definition) is 0. The van der Waals surface area contributed by atoms with E-state index < -0.39 is 0 Å². The lowest BCUT2D eigenvalue weighted by molar-refractivity contribution is 0.581. The highest BCUT2D eigenvalue weighted by molar-refractivity contribution is 7.15. The van der Waals surface area contributed by atoms with Crippen LogP contribution in [0.15, 0.2) is 30.6 Å². The first-order chi connectivity index (χ1) is 9.81. The van der Waals surface area contributed by atoms with Gasteiger partial charge in [0.2, 0.25) is 0 Å².